The van der Waals surface area contributed by atoms with Crippen LogP contribution in [0.5, 0.6) is 0 Å². The molecule has 1 N–H and O–H groups in total. The third-order valence-corrected chi connectivity index (χ3v) is 3.65. The highest BCUT2D eigenvalue weighted by Gasteiger charge is 2.12. The molecule has 0 aliphatic heterocycles. The Bertz CT molecular complexity index is 627. The molecule has 21 heavy (non-hydrogen) atoms. The number of thioether (sulfide) groups is 1. The van der Waals surface area contributed by atoms with Crippen LogP contribution in [0.25, 0.3) is 0 Å². The van der Waals surface area contributed by atoms with E-state index in [0.717, 1.165) is 17.3 Å². The number of ether oxygens (including phenoxy) is 1. The number of methoxy groups -OCH3 is 1. The molecule has 6 heteroatoms. The summed E-state index contributed by atoms with van der Waals surface area (Å²) in [4.78, 5) is 11.7. The van der Waals surface area contributed by atoms with Crippen molar-refractivity contribution in [3.63, 3.8) is 0 Å². The number of hydrogen-bond donors (Lipinski definition) is 1. The van der Waals surface area contributed by atoms with Crippen molar-refractivity contribution in [2.75, 3.05) is 18.7 Å². The number of anilines is 1. The predicted octanol–water partition coefficient (Wildman–Crippen LogP) is 4.19. The third kappa shape index (κ3) is 4.19. The topological polar surface area (TPSA) is 51.5 Å². The van der Waals surface area contributed by atoms with Crippen LogP contribution in [0.1, 0.15) is 21.9 Å². The lowest BCUT2D eigenvalue weighted by atomic mass is 10.1. The molecule has 1 aromatic heterocycles. The monoisotopic (exact) mass is 325 g/mol. The number of carbonyl (C=O) groups excluding carboxylic acids is 1. The molecule has 0 aliphatic carbocycles. The number of rotatable bonds is 6. The molecule has 0 radical (unpaired) electrons. The van der Waals surface area contributed by atoms with E-state index in [4.69, 9.17) is 20.8 Å². The second-order valence-corrected chi connectivity index (χ2v) is 5.64. The molecule has 0 atom stereocenters. The van der Waals surface area contributed by atoms with E-state index in [-0.39, 0.29) is 0 Å². The van der Waals surface area contributed by atoms with Crippen molar-refractivity contribution in [1.82, 2.24) is 0 Å². The summed E-state index contributed by atoms with van der Waals surface area (Å²) in [6.07, 6.45) is 2.02. The maximum Gasteiger partial charge on any atom is 0.339 e. The van der Waals surface area contributed by atoms with Gasteiger partial charge in [0.25, 0.3) is 0 Å². The summed E-state index contributed by atoms with van der Waals surface area (Å²) in [6, 6.07) is 8.85. The van der Waals surface area contributed by atoms with Crippen LogP contribution in [0.2, 0.25) is 5.02 Å². The molecule has 0 unspecified atom stereocenters. The van der Waals surface area contributed by atoms with E-state index < -0.39 is 5.97 Å². The summed E-state index contributed by atoms with van der Waals surface area (Å²) in [5.74, 6) is 2.16. The SMILES string of the molecule is COC(=O)c1ccc(Cl)cc1NCc1ccc(CSC)o1. The van der Waals surface area contributed by atoms with E-state index >= 15 is 0 Å². The molecule has 0 fully saturated rings. The highest BCUT2D eigenvalue weighted by Crippen LogP contribution is 2.23. The minimum absolute atomic E-state index is 0.406. The lowest BCUT2D eigenvalue weighted by Crippen LogP contribution is -2.08. The molecule has 0 saturated carbocycles. The molecule has 0 saturated heterocycles. The van der Waals surface area contributed by atoms with Gasteiger partial charge in [0.2, 0.25) is 0 Å². The van der Waals surface area contributed by atoms with Crippen LogP contribution in [0.4, 0.5) is 5.69 Å². The van der Waals surface area contributed by atoms with Crippen molar-refractivity contribution in [3.8, 4) is 0 Å². The molecule has 1 heterocycles. The van der Waals surface area contributed by atoms with Gasteiger partial charge in [0, 0.05) is 5.02 Å². The summed E-state index contributed by atoms with van der Waals surface area (Å²) in [5, 5.41) is 3.70. The Morgan fingerprint density at radius 1 is 1.33 bits per heavy atom. The summed E-state index contributed by atoms with van der Waals surface area (Å²) in [6.45, 7) is 0.471. The van der Waals surface area contributed by atoms with Gasteiger partial charge in [0.05, 0.1) is 30.7 Å². The van der Waals surface area contributed by atoms with Crippen LogP contribution < -0.4 is 5.32 Å². The van der Waals surface area contributed by atoms with Crippen LogP contribution in [0.15, 0.2) is 34.7 Å². The highest BCUT2D eigenvalue weighted by molar-refractivity contribution is 7.97. The number of benzene rings is 1. The number of hydrogen-bond acceptors (Lipinski definition) is 5. The first-order chi connectivity index (χ1) is 10.1. The highest BCUT2D eigenvalue weighted by atomic mass is 35.5. The number of halogens is 1. The van der Waals surface area contributed by atoms with Crippen molar-refractivity contribution in [2.45, 2.75) is 12.3 Å². The second-order valence-electron chi connectivity index (χ2n) is 4.34. The minimum atomic E-state index is -0.406. The Labute approximate surface area is 132 Å². The third-order valence-electron chi connectivity index (χ3n) is 2.84. The molecule has 2 rings (SSSR count). The molecular formula is C15H16ClNO3S. The summed E-state index contributed by atoms with van der Waals surface area (Å²) >= 11 is 7.67. The van der Waals surface area contributed by atoms with Crippen molar-refractivity contribution in [1.29, 1.82) is 0 Å². The average Bonchev–Trinajstić information content (AvgIpc) is 2.92. The Balaban J connectivity index is 2.11. The van der Waals surface area contributed by atoms with Gasteiger partial charge in [0.15, 0.2) is 0 Å². The van der Waals surface area contributed by atoms with Gasteiger partial charge in [0.1, 0.15) is 11.5 Å². The largest absolute Gasteiger partial charge is 0.465 e. The maximum atomic E-state index is 11.7. The van der Waals surface area contributed by atoms with Gasteiger partial charge in [-0.1, -0.05) is 11.6 Å². The van der Waals surface area contributed by atoms with Crippen molar-refractivity contribution >= 4 is 35.0 Å². The van der Waals surface area contributed by atoms with E-state index in [2.05, 4.69) is 5.32 Å². The molecule has 0 bridgehead atoms. The van der Waals surface area contributed by atoms with Crippen molar-refractivity contribution in [2.24, 2.45) is 0 Å². The molecular weight excluding hydrogens is 310 g/mol. The fraction of sp³-hybridized carbons (Fsp3) is 0.267. The minimum Gasteiger partial charge on any atom is -0.465 e. The zero-order valence-corrected chi connectivity index (χ0v) is 13.4. The van der Waals surface area contributed by atoms with E-state index in [0.29, 0.717) is 22.8 Å². The molecule has 0 aliphatic rings. The first-order valence-electron chi connectivity index (χ1n) is 6.32. The first-order valence-corrected chi connectivity index (χ1v) is 8.09. The van der Waals surface area contributed by atoms with E-state index in [1.54, 1.807) is 30.0 Å². The van der Waals surface area contributed by atoms with Gasteiger partial charge < -0.3 is 14.5 Å². The normalized spacial score (nSPS) is 10.4. The molecule has 1 aromatic carbocycles. The Hall–Kier alpha value is -1.59. The van der Waals surface area contributed by atoms with Crippen LogP contribution in [0.3, 0.4) is 0 Å². The lowest BCUT2D eigenvalue weighted by molar-refractivity contribution is 0.0602. The summed E-state index contributed by atoms with van der Waals surface area (Å²) in [5.41, 5.74) is 1.06. The van der Waals surface area contributed by atoms with Crippen LogP contribution in [-0.4, -0.2) is 19.3 Å². The van der Waals surface area contributed by atoms with Crippen LogP contribution >= 0.6 is 23.4 Å². The van der Waals surface area contributed by atoms with Crippen LogP contribution in [0, 0.1) is 0 Å². The van der Waals surface area contributed by atoms with E-state index in [1.165, 1.54) is 7.11 Å². The number of esters is 1. The molecule has 0 spiro atoms. The summed E-state index contributed by atoms with van der Waals surface area (Å²) in [7, 11) is 1.35. The van der Waals surface area contributed by atoms with Gasteiger partial charge in [-0.05, 0) is 36.6 Å². The number of furan rings is 1. The fourth-order valence-corrected chi connectivity index (χ4v) is 2.48. The quantitative estimate of drug-likeness (QED) is 0.807. The van der Waals surface area contributed by atoms with Gasteiger partial charge in [-0.2, -0.15) is 11.8 Å². The molecule has 112 valence electrons. The average molecular weight is 326 g/mol. The lowest BCUT2D eigenvalue weighted by Gasteiger charge is -2.10. The number of carbonyl (C=O) groups is 1. The van der Waals surface area contributed by atoms with Crippen LogP contribution in [-0.2, 0) is 17.0 Å². The molecule has 2 aromatic rings. The van der Waals surface area contributed by atoms with Gasteiger partial charge in [-0.25, -0.2) is 4.79 Å². The van der Waals surface area contributed by atoms with E-state index in [9.17, 15) is 4.79 Å². The number of nitrogens with one attached hydrogen (secondary N) is 1. The van der Waals surface area contributed by atoms with Gasteiger partial charge >= 0.3 is 5.97 Å². The molecule has 0 amide bonds. The smallest absolute Gasteiger partial charge is 0.339 e. The standard InChI is InChI=1S/C15H16ClNO3S/c1-19-15(18)13-6-3-10(16)7-14(13)17-8-11-4-5-12(20-11)9-21-2/h3-7,17H,8-9H2,1-2H3. The van der Waals surface area contributed by atoms with Crippen molar-refractivity contribution < 1.29 is 13.9 Å². The zero-order valence-electron chi connectivity index (χ0n) is 11.8. The van der Waals surface area contributed by atoms with Gasteiger partial charge in [-0.15, -0.1) is 0 Å². The Morgan fingerprint density at radius 2 is 2.10 bits per heavy atom. The van der Waals surface area contributed by atoms with E-state index in [1.807, 2.05) is 18.4 Å². The zero-order chi connectivity index (χ0) is 15.2. The molecule has 4 nitrogen and oxygen atoms in total. The fourth-order valence-electron chi connectivity index (χ4n) is 1.87. The van der Waals surface area contributed by atoms with Gasteiger partial charge in [-0.3, -0.25) is 0 Å². The predicted molar refractivity (Wildman–Crippen MR) is 86.0 cm³/mol. The Kier molecular flexibility index (Phi) is 5.59. The second kappa shape index (κ2) is 7.43. The first kappa shape index (κ1) is 15.8. The summed E-state index contributed by atoms with van der Waals surface area (Å²) < 4.78 is 10.4. The Morgan fingerprint density at radius 3 is 2.81 bits per heavy atom. The van der Waals surface area contributed by atoms with Crippen molar-refractivity contribution in [3.05, 3.63) is 52.4 Å². The maximum absolute atomic E-state index is 11.7.